The van der Waals surface area contributed by atoms with Crippen LogP contribution in [0.4, 0.5) is 33.6 Å². The molecule has 0 saturated heterocycles. The molecule has 0 aliphatic rings. The minimum Gasteiger partial charge on any atom is -0.366 e. The van der Waals surface area contributed by atoms with Crippen LogP contribution in [0.3, 0.4) is 0 Å². The highest BCUT2D eigenvalue weighted by Gasteiger charge is 2.33. The summed E-state index contributed by atoms with van der Waals surface area (Å²) in [6, 6.07) is 15.8. The first kappa shape index (κ1) is 24.5. The number of carbonyl (C=O) groups excluding carboxylic acids is 1. The average molecular weight is 507 g/mol. The highest BCUT2D eigenvalue weighted by molar-refractivity contribution is 8.00. The summed E-state index contributed by atoms with van der Waals surface area (Å²) in [5.41, 5.74) is 6.13. The van der Waals surface area contributed by atoms with Gasteiger partial charge in [-0.05, 0) is 54.1 Å². The van der Waals surface area contributed by atoms with Crippen molar-refractivity contribution in [3.63, 3.8) is 0 Å². The quantitative estimate of drug-likeness (QED) is 0.217. The van der Waals surface area contributed by atoms with E-state index in [1.54, 1.807) is 22.8 Å². The number of anilines is 2. The number of alkyl halides is 5. The van der Waals surface area contributed by atoms with Crippen LogP contribution in [-0.2, 0) is 12.7 Å². The van der Waals surface area contributed by atoms with Crippen LogP contribution < -0.4 is 11.1 Å². The Balaban J connectivity index is 1.76. The van der Waals surface area contributed by atoms with Gasteiger partial charge in [-0.25, -0.2) is 4.98 Å². The van der Waals surface area contributed by atoms with Gasteiger partial charge in [0.05, 0.1) is 23.1 Å². The fraction of sp³-hybridized carbons (Fsp3) is 0.167. The molecule has 0 unspecified atom stereocenters. The maximum atomic E-state index is 13.6. The highest BCUT2D eigenvalue weighted by Crippen LogP contribution is 2.36. The molecule has 1 amide bonds. The number of nitrogens with zero attached hydrogens (tertiary/aromatic N) is 2. The largest absolute Gasteiger partial charge is 0.416 e. The summed E-state index contributed by atoms with van der Waals surface area (Å²) < 4.78 is 68.8. The number of benzene rings is 3. The van der Waals surface area contributed by atoms with E-state index in [-0.39, 0.29) is 23.6 Å². The van der Waals surface area contributed by atoms with E-state index in [1.165, 1.54) is 42.5 Å². The first-order valence-electron chi connectivity index (χ1n) is 10.3. The third-order valence-corrected chi connectivity index (χ3v) is 5.96. The Morgan fingerprint density at radius 3 is 2.34 bits per heavy atom. The minimum absolute atomic E-state index is 0.0262. The molecule has 0 atom stereocenters. The molecule has 5 nitrogen and oxygen atoms in total. The van der Waals surface area contributed by atoms with Crippen molar-refractivity contribution in [2.75, 3.05) is 5.32 Å². The SMILES string of the molecule is CC(F)(F)Sc1ccc(Nc2nc3cc(C(N)=O)ccc3n2Cc2ccccc2C(F)(F)F)cc1. The summed E-state index contributed by atoms with van der Waals surface area (Å²) in [6.07, 6.45) is -4.55. The molecule has 3 N–H and O–H groups in total. The molecule has 35 heavy (non-hydrogen) atoms. The second-order valence-electron chi connectivity index (χ2n) is 7.80. The fourth-order valence-corrected chi connectivity index (χ4v) is 4.27. The number of carbonyl (C=O) groups is 1. The molecular formula is C24H19F5N4OS. The molecule has 0 bridgehead atoms. The molecule has 3 aromatic carbocycles. The van der Waals surface area contributed by atoms with E-state index >= 15 is 0 Å². The lowest BCUT2D eigenvalue weighted by Crippen LogP contribution is -2.13. The molecule has 0 saturated carbocycles. The Labute approximate surface area is 201 Å². The first-order chi connectivity index (χ1) is 16.4. The first-order valence-corrected chi connectivity index (χ1v) is 11.1. The third kappa shape index (κ3) is 5.73. The van der Waals surface area contributed by atoms with Crippen LogP contribution in [0.1, 0.15) is 28.4 Å². The molecule has 182 valence electrons. The van der Waals surface area contributed by atoms with Crippen LogP contribution in [0.15, 0.2) is 71.6 Å². The fourth-order valence-electron chi connectivity index (χ4n) is 3.59. The number of imidazole rings is 1. The smallest absolute Gasteiger partial charge is 0.366 e. The summed E-state index contributed by atoms with van der Waals surface area (Å²) in [6.45, 7) is 0.631. The zero-order chi connectivity index (χ0) is 25.4. The van der Waals surface area contributed by atoms with Crippen molar-refractivity contribution in [1.82, 2.24) is 9.55 Å². The Morgan fingerprint density at radius 1 is 1.03 bits per heavy atom. The monoisotopic (exact) mass is 506 g/mol. The van der Waals surface area contributed by atoms with Gasteiger partial charge in [0.15, 0.2) is 0 Å². The molecule has 1 aromatic heterocycles. The average Bonchev–Trinajstić information content (AvgIpc) is 3.10. The van der Waals surface area contributed by atoms with Gasteiger partial charge in [0, 0.05) is 23.1 Å². The van der Waals surface area contributed by atoms with Gasteiger partial charge in [0.1, 0.15) is 0 Å². The molecule has 4 rings (SSSR count). The zero-order valence-corrected chi connectivity index (χ0v) is 19.1. The van der Waals surface area contributed by atoms with Crippen LogP contribution in [0.5, 0.6) is 0 Å². The van der Waals surface area contributed by atoms with Crippen molar-refractivity contribution in [2.24, 2.45) is 5.73 Å². The topological polar surface area (TPSA) is 72.9 Å². The summed E-state index contributed by atoms with van der Waals surface area (Å²) in [7, 11) is 0. The van der Waals surface area contributed by atoms with Crippen molar-refractivity contribution in [1.29, 1.82) is 0 Å². The van der Waals surface area contributed by atoms with Gasteiger partial charge < -0.3 is 15.6 Å². The van der Waals surface area contributed by atoms with E-state index < -0.39 is 22.9 Å². The minimum atomic E-state index is -4.55. The van der Waals surface area contributed by atoms with Crippen molar-refractivity contribution in [2.45, 2.75) is 29.8 Å². The second-order valence-corrected chi connectivity index (χ2v) is 9.20. The van der Waals surface area contributed by atoms with E-state index in [0.717, 1.165) is 13.0 Å². The molecule has 1 heterocycles. The highest BCUT2D eigenvalue weighted by atomic mass is 32.2. The van der Waals surface area contributed by atoms with Gasteiger partial charge in [0.25, 0.3) is 5.25 Å². The Hall–Kier alpha value is -3.60. The van der Waals surface area contributed by atoms with Gasteiger partial charge in [-0.3, -0.25) is 4.79 Å². The lowest BCUT2D eigenvalue weighted by Gasteiger charge is -2.16. The molecule has 4 aromatic rings. The second kappa shape index (κ2) is 9.21. The Morgan fingerprint density at radius 2 is 1.71 bits per heavy atom. The van der Waals surface area contributed by atoms with Crippen molar-refractivity contribution in [3.05, 3.63) is 83.4 Å². The number of thioether (sulfide) groups is 1. The van der Waals surface area contributed by atoms with Gasteiger partial charge in [0.2, 0.25) is 11.9 Å². The summed E-state index contributed by atoms with van der Waals surface area (Å²) in [5, 5.41) is 0.0993. The number of hydrogen-bond acceptors (Lipinski definition) is 4. The Kier molecular flexibility index (Phi) is 6.46. The van der Waals surface area contributed by atoms with Crippen LogP contribution in [-0.4, -0.2) is 20.7 Å². The maximum Gasteiger partial charge on any atom is 0.416 e. The molecule has 0 radical (unpaired) electrons. The number of nitrogens with two attached hydrogens (primary N) is 1. The number of fused-ring (bicyclic) bond motifs is 1. The van der Waals surface area contributed by atoms with E-state index in [1.807, 2.05) is 0 Å². The number of rotatable bonds is 7. The van der Waals surface area contributed by atoms with Gasteiger partial charge in [-0.1, -0.05) is 30.0 Å². The van der Waals surface area contributed by atoms with Crippen LogP contribution >= 0.6 is 11.8 Å². The Bertz CT molecular complexity index is 1380. The zero-order valence-electron chi connectivity index (χ0n) is 18.2. The maximum absolute atomic E-state index is 13.6. The van der Waals surface area contributed by atoms with E-state index in [0.29, 0.717) is 33.4 Å². The molecular weight excluding hydrogens is 487 g/mol. The van der Waals surface area contributed by atoms with Crippen molar-refractivity contribution < 1.29 is 26.7 Å². The number of hydrogen-bond donors (Lipinski definition) is 2. The van der Waals surface area contributed by atoms with Crippen LogP contribution in [0, 0.1) is 0 Å². The number of halogens is 5. The number of primary amides is 1. The molecule has 0 aliphatic carbocycles. The van der Waals surface area contributed by atoms with Gasteiger partial charge in [-0.2, -0.15) is 22.0 Å². The van der Waals surface area contributed by atoms with Gasteiger partial charge in [-0.15, -0.1) is 0 Å². The number of amides is 1. The normalized spacial score (nSPS) is 12.2. The van der Waals surface area contributed by atoms with E-state index in [9.17, 15) is 26.7 Å². The third-order valence-electron chi connectivity index (χ3n) is 5.09. The lowest BCUT2D eigenvalue weighted by atomic mass is 10.1. The number of nitrogens with one attached hydrogen (secondary N) is 1. The van der Waals surface area contributed by atoms with Crippen molar-refractivity contribution >= 4 is 40.3 Å². The predicted molar refractivity (Wildman–Crippen MR) is 125 cm³/mol. The lowest BCUT2D eigenvalue weighted by molar-refractivity contribution is -0.138. The van der Waals surface area contributed by atoms with E-state index in [2.05, 4.69) is 10.3 Å². The molecule has 11 heteroatoms. The van der Waals surface area contributed by atoms with Crippen molar-refractivity contribution in [3.8, 4) is 0 Å². The molecule has 0 spiro atoms. The summed E-state index contributed by atoms with van der Waals surface area (Å²) >= 11 is 0.400. The number of aromatic nitrogens is 2. The van der Waals surface area contributed by atoms with Crippen LogP contribution in [0.2, 0.25) is 0 Å². The van der Waals surface area contributed by atoms with Crippen LogP contribution in [0.25, 0.3) is 11.0 Å². The van der Waals surface area contributed by atoms with Gasteiger partial charge >= 0.3 is 6.18 Å². The summed E-state index contributed by atoms with van der Waals surface area (Å²) in [4.78, 5) is 16.4. The molecule has 0 fully saturated rings. The van der Waals surface area contributed by atoms with E-state index in [4.69, 9.17) is 5.73 Å². The summed E-state index contributed by atoms with van der Waals surface area (Å²) in [5.74, 6) is -0.459. The standard InChI is InChI=1S/C24H19F5N4OS/c1-23(25,26)35-17-9-7-16(8-10-17)31-22-32-19-12-14(21(30)34)6-11-20(19)33(22)13-15-4-2-3-5-18(15)24(27,28)29/h2-12H,13H2,1H3,(H2,30,34)(H,31,32). The molecule has 0 aliphatic heterocycles. The predicted octanol–water partition coefficient (Wildman–Crippen LogP) is 6.65.